The summed E-state index contributed by atoms with van der Waals surface area (Å²) < 4.78 is 6.11. The number of likely N-dealkylation sites (tertiary alicyclic amines) is 1. The molecule has 0 unspecified atom stereocenters. The lowest BCUT2D eigenvalue weighted by Crippen LogP contribution is -2.30. The minimum atomic E-state index is -0.870. The number of anilines is 1. The Kier molecular flexibility index (Phi) is 5.79. The maximum atomic E-state index is 11.9. The van der Waals surface area contributed by atoms with Crippen molar-refractivity contribution in [2.75, 3.05) is 32.1 Å². The summed E-state index contributed by atoms with van der Waals surface area (Å²) in [7, 11) is 1.89. The number of nitrogens with zero attached hydrogens (tertiary/aromatic N) is 1. The third-order valence-electron chi connectivity index (χ3n) is 6.18. The second-order valence-electron chi connectivity index (χ2n) is 7.90. The molecule has 158 valence electrons. The van der Waals surface area contributed by atoms with Crippen molar-refractivity contribution < 1.29 is 19.4 Å². The summed E-state index contributed by atoms with van der Waals surface area (Å²) in [6, 6.07) is 13.9. The number of fused-ring (bicyclic) bond motifs is 1. The fourth-order valence-electron chi connectivity index (χ4n) is 4.38. The Morgan fingerprint density at radius 3 is 2.70 bits per heavy atom. The van der Waals surface area contributed by atoms with Gasteiger partial charge < -0.3 is 25.4 Å². The van der Waals surface area contributed by atoms with Gasteiger partial charge in [-0.3, -0.25) is 4.79 Å². The lowest BCUT2D eigenvalue weighted by molar-refractivity contribution is 0.0965. The molecule has 0 aromatic heterocycles. The second-order valence-corrected chi connectivity index (χ2v) is 7.90. The number of benzene rings is 2. The molecule has 2 heterocycles. The number of hydrogen-bond donors (Lipinski definition) is 3. The molecule has 0 saturated carbocycles. The third-order valence-corrected chi connectivity index (χ3v) is 6.18. The molecule has 2 aliphatic heterocycles. The van der Waals surface area contributed by atoms with Crippen LogP contribution < -0.4 is 15.4 Å². The molecule has 4 rings (SSSR count). The van der Waals surface area contributed by atoms with Crippen LogP contribution in [-0.2, 0) is 6.54 Å². The first kappa shape index (κ1) is 20.1. The average molecular weight is 409 g/mol. The van der Waals surface area contributed by atoms with E-state index in [2.05, 4.69) is 22.8 Å². The number of rotatable bonds is 5. The van der Waals surface area contributed by atoms with Gasteiger partial charge in [-0.05, 0) is 54.2 Å². The first-order valence-corrected chi connectivity index (χ1v) is 10.3. The van der Waals surface area contributed by atoms with Gasteiger partial charge in [0.2, 0.25) is 0 Å². The first-order valence-electron chi connectivity index (χ1n) is 10.3. The van der Waals surface area contributed by atoms with Crippen molar-refractivity contribution >= 4 is 17.7 Å². The fraction of sp³-hybridized carbons (Fsp3) is 0.391. The molecule has 0 radical (unpaired) electrons. The summed E-state index contributed by atoms with van der Waals surface area (Å²) in [5.74, 6) is 0.994. The van der Waals surface area contributed by atoms with E-state index in [-0.39, 0.29) is 17.7 Å². The van der Waals surface area contributed by atoms with Crippen molar-refractivity contribution in [3.05, 3.63) is 59.2 Å². The molecule has 2 aromatic carbocycles. The summed E-state index contributed by atoms with van der Waals surface area (Å²) in [5, 5.41) is 15.4. The molecule has 2 amide bonds. The van der Waals surface area contributed by atoms with Gasteiger partial charge >= 0.3 is 6.09 Å². The Labute approximate surface area is 176 Å². The summed E-state index contributed by atoms with van der Waals surface area (Å²) >= 11 is 0. The van der Waals surface area contributed by atoms with E-state index in [0.29, 0.717) is 37.6 Å². The highest BCUT2D eigenvalue weighted by molar-refractivity contribution is 5.98. The van der Waals surface area contributed by atoms with Gasteiger partial charge in [-0.25, -0.2) is 4.79 Å². The van der Waals surface area contributed by atoms with Gasteiger partial charge in [0.25, 0.3) is 5.91 Å². The van der Waals surface area contributed by atoms with Gasteiger partial charge in [0.05, 0.1) is 6.61 Å². The highest BCUT2D eigenvalue weighted by Gasteiger charge is 2.30. The Balaban J connectivity index is 1.52. The number of ether oxygens (including phenoxy) is 1. The first-order chi connectivity index (χ1) is 14.5. The topological polar surface area (TPSA) is 90.9 Å². The van der Waals surface area contributed by atoms with Crippen LogP contribution in [0, 0.1) is 5.92 Å². The zero-order valence-electron chi connectivity index (χ0n) is 17.1. The molecular formula is C23H27N3O4. The van der Waals surface area contributed by atoms with E-state index in [0.717, 1.165) is 24.1 Å². The smallest absolute Gasteiger partial charge is 0.407 e. The Morgan fingerprint density at radius 2 is 1.97 bits per heavy atom. The summed E-state index contributed by atoms with van der Waals surface area (Å²) in [6.07, 6.45) is 0.618. The zero-order chi connectivity index (χ0) is 21.1. The standard InChI is InChI=1S/C23H27N3O4/c1-24-18-5-2-15(3-6-18)20-9-11-26(23(28)29)10-8-17(20)14-30-19-7-4-16-13-25-22(27)21(16)12-19/h2-7,12,17,20,24H,8-11,13-14H2,1H3,(H,25,27)(H,28,29)/t17-,20-/m1/s1. The maximum Gasteiger partial charge on any atom is 0.407 e. The predicted molar refractivity (Wildman–Crippen MR) is 114 cm³/mol. The van der Waals surface area contributed by atoms with Crippen molar-refractivity contribution in [1.29, 1.82) is 0 Å². The Bertz CT molecular complexity index is 929. The van der Waals surface area contributed by atoms with E-state index in [1.807, 2.05) is 31.3 Å². The molecule has 30 heavy (non-hydrogen) atoms. The molecule has 7 nitrogen and oxygen atoms in total. The quantitative estimate of drug-likeness (QED) is 0.703. The van der Waals surface area contributed by atoms with E-state index in [1.165, 1.54) is 10.5 Å². The molecule has 2 aromatic rings. The molecule has 1 fully saturated rings. The molecule has 7 heteroatoms. The van der Waals surface area contributed by atoms with Crippen LogP contribution in [0.4, 0.5) is 10.5 Å². The van der Waals surface area contributed by atoms with Crippen LogP contribution in [0.25, 0.3) is 0 Å². The zero-order valence-corrected chi connectivity index (χ0v) is 17.1. The van der Waals surface area contributed by atoms with Gasteiger partial charge in [0.15, 0.2) is 0 Å². The lowest BCUT2D eigenvalue weighted by atomic mass is 9.83. The number of nitrogens with one attached hydrogen (secondary N) is 2. The van der Waals surface area contributed by atoms with Crippen molar-refractivity contribution in [2.24, 2.45) is 5.92 Å². The molecular weight excluding hydrogens is 382 g/mol. The molecule has 0 bridgehead atoms. The molecule has 0 aliphatic carbocycles. The molecule has 2 aliphatic rings. The van der Waals surface area contributed by atoms with E-state index in [9.17, 15) is 14.7 Å². The average Bonchev–Trinajstić information content (AvgIpc) is 2.99. The van der Waals surface area contributed by atoms with Gasteiger partial charge in [-0.15, -0.1) is 0 Å². The van der Waals surface area contributed by atoms with Crippen LogP contribution in [0.2, 0.25) is 0 Å². The van der Waals surface area contributed by atoms with Crippen LogP contribution in [0.5, 0.6) is 5.75 Å². The number of hydrogen-bond acceptors (Lipinski definition) is 4. The van der Waals surface area contributed by atoms with E-state index in [1.54, 1.807) is 6.07 Å². The predicted octanol–water partition coefficient (Wildman–Crippen LogP) is 3.52. The van der Waals surface area contributed by atoms with Crippen LogP contribution in [0.3, 0.4) is 0 Å². The molecule has 2 atom stereocenters. The highest BCUT2D eigenvalue weighted by atomic mass is 16.5. The number of carbonyl (C=O) groups excluding carboxylic acids is 1. The minimum absolute atomic E-state index is 0.0653. The van der Waals surface area contributed by atoms with Crippen LogP contribution >= 0.6 is 0 Å². The lowest BCUT2D eigenvalue weighted by Gasteiger charge is -2.25. The van der Waals surface area contributed by atoms with Crippen LogP contribution in [-0.4, -0.2) is 48.8 Å². The second kappa shape index (κ2) is 8.65. The molecule has 3 N–H and O–H groups in total. The van der Waals surface area contributed by atoms with Crippen molar-refractivity contribution in [2.45, 2.75) is 25.3 Å². The van der Waals surface area contributed by atoms with Gasteiger partial charge in [-0.1, -0.05) is 18.2 Å². The summed E-state index contributed by atoms with van der Waals surface area (Å²) in [5.41, 5.74) is 3.90. The van der Waals surface area contributed by atoms with Gasteiger partial charge in [0.1, 0.15) is 5.75 Å². The molecule has 0 spiro atoms. The number of amides is 2. The van der Waals surface area contributed by atoms with E-state index >= 15 is 0 Å². The van der Waals surface area contributed by atoms with Crippen LogP contribution in [0.1, 0.15) is 40.2 Å². The third kappa shape index (κ3) is 4.20. The SMILES string of the molecule is CNc1ccc([C@H]2CCN(C(=O)O)CC[C@@H]2COc2ccc3c(c2)C(=O)NC3)cc1. The van der Waals surface area contributed by atoms with Gasteiger partial charge in [0, 0.05) is 43.9 Å². The summed E-state index contributed by atoms with van der Waals surface area (Å²) in [6.45, 7) is 2.06. The normalized spacial score (nSPS) is 20.8. The number of carbonyl (C=O) groups is 2. The Hall–Kier alpha value is -3.22. The monoisotopic (exact) mass is 409 g/mol. The van der Waals surface area contributed by atoms with E-state index < -0.39 is 6.09 Å². The minimum Gasteiger partial charge on any atom is -0.493 e. The van der Waals surface area contributed by atoms with Crippen molar-refractivity contribution in [3.63, 3.8) is 0 Å². The van der Waals surface area contributed by atoms with Crippen LogP contribution in [0.15, 0.2) is 42.5 Å². The Morgan fingerprint density at radius 1 is 1.20 bits per heavy atom. The molecule has 1 saturated heterocycles. The summed E-state index contributed by atoms with van der Waals surface area (Å²) in [4.78, 5) is 24.9. The maximum absolute atomic E-state index is 11.9. The largest absolute Gasteiger partial charge is 0.493 e. The fourth-order valence-corrected chi connectivity index (χ4v) is 4.38. The number of carboxylic acid groups (broad SMARTS) is 1. The highest BCUT2D eigenvalue weighted by Crippen LogP contribution is 2.35. The van der Waals surface area contributed by atoms with Gasteiger partial charge in [-0.2, -0.15) is 0 Å². The van der Waals surface area contributed by atoms with Crippen molar-refractivity contribution in [1.82, 2.24) is 10.2 Å². The van der Waals surface area contributed by atoms with Crippen molar-refractivity contribution in [3.8, 4) is 5.75 Å². The van der Waals surface area contributed by atoms with E-state index in [4.69, 9.17) is 4.74 Å².